The first-order chi connectivity index (χ1) is 12.0. The molecule has 0 spiro atoms. The van der Waals surface area contributed by atoms with Crippen LogP contribution in [0.15, 0.2) is 30.3 Å². The average molecular weight is 343 g/mol. The molecular weight excluding hydrogens is 318 g/mol. The van der Waals surface area contributed by atoms with E-state index in [4.69, 9.17) is 4.74 Å². The number of benzene rings is 1. The first-order valence-corrected chi connectivity index (χ1v) is 8.57. The lowest BCUT2D eigenvalue weighted by atomic mass is 10.0. The Bertz CT molecular complexity index is 738. The van der Waals surface area contributed by atoms with Gasteiger partial charge >= 0.3 is 5.97 Å². The van der Waals surface area contributed by atoms with Gasteiger partial charge in [-0.05, 0) is 39.3 Å². The quantitative estimate of drug-likeness (QED) is 0.784. The Kier molecular flexibility index (Phi) is 6.33. The molecule has 1 unspecified atom stereocenters. The van der Waals surface area contributed by atoms with E-state index in [2.05, 4.69) is 10.4 Å². The summed E-state index contributed by atoms with van der Waals surface area (Å²) in [5.74, 6) is -0.641. The Labute approximate surface area is 148 Å². The smallest absolute Gasteiger partial charge is 0.333 e. The van der Waals surface area contributed by atoms with Crippen molar-refractivity contribution in [1.29, 1.82) is 0 Å². The number of esters is 1. The van der Waals surface area contributed by atoms with E-state index in [1.54, 1.807) is 11.6 Å². The minimum Gasteiger partial charge on any atom is -0.464 e. The topological polar surface area (TPSA) is 73.2 Å². The molecule has 1 N–H and O–H groups in total. The number of rotatable bonds is 7. The molecule has 2 aromatic rings. The first-order valence-electron chi connectivity index (χ1n) is 8.57. The monoisotopic (exact) mass is 343 g/mol. The van der Waals surface area contributed by atoms with Gasteiger partial charge in [-0.1, -0.05) is 25.1 Å². The zero-order chi connectivity index (χ0) is 18.4. The number of amides is 1. The summed E-state index contributed by atoms with van der Waals surface area (Å²) in [5.41, 5.74) is 3.08. The fourth-order valence-electron chi connectivity index (χ4n) is 2.83. The summed E-state index contributed by atoms with van der Waals surface area (Å²) in [5, 5.41) is 7.35. The number of aryl methyl sites for hydroxylation is 1. The second kappa shape index (κ2) is 8.46. The normalized spacial score (nSPS) is 11.8. The van der Waals surface area contributed by atoms with Gasteiger partial charge in [0.05, 0.1) is 18.0 Å². The van der Waals surface area contributed by atoms with Crippen molar-refractivity contribution >= 4 is 11.9 Å². The molecule has 2 rings (SSSR count). The van der Waals surface area contributed by atoms with Crippen LogP contribution in [0.4, 0.5) is 0 Å². The predicted octanol–water partition coefficient (Wildman–Crippen LogP) is 3.01. The molecule has 0 radical (unpaired) electrons. The van der Waals surface area contributed by atoms with E-state index in [1.165, 1.54) is 0 Å². The van der Waals surface area contributed by atoms with Crippen molar-refractivity contribution in [2.24, 2.45) is 0 Å². The van der Waals surface area contributed by atoms with Gasteiger partial charge in [0.15, 0.2) is 6.04 Å². The van der Waals surface area contributed by atoms with Crippen molar-refractivity contribution in [3.05, 3.63) is 47.3 Å². The summed E-state index contributed by atoms with van der Waals surface area (Å²) in [6.07, 6.45) is 1.07. The van der Waals surface area contributed by atoms with E-state index in [0.717, 1.165) is 11.4 Å². The van der Waals surface area contributed by atoms with Crippen LogP contribution in [0.25, 0.3) is 5.69 Å². The number of nitrogens with one attached hydrogen (secondary N) is 1. The Morgan fingerprint density at radius 2 is 1.88 bits per heavy atom. The van der Waals surface area contributed by atoms with Gasteiger partial charge in [0.25, 0.3) is 0 Å². The maximum Gasteiger partial charge on any atom is 0.333 e. The van der Waals surface area contributed by atoms with Crippen molar-refractivity contribution < 1.29 is 14.3 Å². The van der Waals surface area contributed by atoms with Gasteiger partial charge in [-0.15, -0.1) is 0 Å². The molecule has 1 atom stereocenters. The van der Waals surface area contributed by atoms with Crippen molar-refractivity contribution in [3.8, 4) is 5.69 Å². The number of hydrogen-bond acceptors (Lipinski definition) is 4. The lowest BCUT2D eigenvalue weighted by Crippen LogP contribution is -2.35. The van der Waals surface area contributed by atoms with Gasteiger partial charge in [0.1, 0.15) is 0 Å². The highest BCUT2D eigenvalue weighted by molar-refractivity contribution is 5.86. The number of para-hydroxylation sites is 1. The van der Waals surface area contributed by atoms with E-state index in [0.29, 0.717) is 24.1 Å². The summed E-state index contributed by atoms with van der Waals surface area (Å²) < 4.78 is 6.95. The zero-order valence-electron chi connectivity index (χ0n) is 15.2. The van der Waals surface area contributed by atoms with Crippen molar-refractivity contribution in [2.45, 2.75) is 46.6 Å². The van der Waals surface area contributed by atoms with Crippen LogP contribution in [0.3, 0.4) is 0 Å². The maximum atomic E-state index is 12.5. The highest BCUT2D eigenvalue weighted by Gasteiger charge is 2.30. The van der Waals surface area contributed by atoms with Crippen molar-refractivity contribution in [2.75, 3.05) is 6.61 Å². The van der Waals surface area contributed by atoms with Gasteiger partial charge in [0.2, 0.25) is 5.91 Å². The molecule has 1 amide bonds. The van der Waals surface area contributed by atoms with Crippen LogP contribution in [-0.4, -0.2) is 28.3 Å². The number of carbonyl (C=O) groups excluding carboxylic acids is 2. The largest absolute Gasteiger partial charge is 0.464 e. The van der Waals surface area contributed by atoms with Crippen LogP contribution in [0.1, 0.15) is 49.7 Å². The maximum absolute atomic E-state index is 12.5. The van der Waals surface area contributed by atoms with E-state index in [9.17, 15) is 9.59 Å². The standard InChI is InChI=1S/C19H25N3O3/c1-5-10-16(23)20-18(19(24)25-6-2)17-13(3)21-22(14(17)4)15-11-8-7-9-12-15/h7-9,11-12,18H,5-6,10H2,1-4H3,(H,20,23). The van der Waals surface area contributed by atoms with E-state index in [-0.39, 0.29) is 12.5 Å². The molecule has 0 aliphatic rings. The van der Waals surface area contributed by atoms with Crippen LogP contribution in [0.5, 0.6) is 0 Å². The third-order valence-electron chi connectivity index (χ3n) is 3.94. The fraction of sp³-hybridized carbons (Fsp3) is 0.421. The Hall–Kier alpha value is -2.63. The number of ether oxygens (including phenoxy) is 1. The van der Waals surface area contributed by atoms with Gasteiger partial charge < -0.3 is 10.1 Å². The molecule has 1 aromatic carbocycles. The first kappa shape index (κ1) is 18.7. The molecule has 0 fully saturated rings. The summed E-state index contributed by atoms with van der Waals surface area (Å²) in [7, 11) is 0. The molecular formula is C19H25N3O3. The Balaban J connectivity index is 2.44. The molecule has 0 aliphatic heterocycles. The number of nitrogens with zero attached hydrogens (tertiary/aromatic N) is 2. The molecule has 0 bridgehead atoms. The summed E-state index contributed by atoms with van der Waals surface area (Å²) in [4.78, 5) is 24.5. The van der Waals surface area contributed by atoms with Crippen LogP contribution in [-0.2, 0) is 14.3 Å². The van der Waals surface area contributed by atoms with Gasteiger partial charge in [-0.3, -0.25) is 4.79 Å². The number of carbonyl (C=O) groups is 2. The predicted molar refractivity (Wildman–Crippen MR) is 95.5 cm³/mol. The number of hydrogen-bond donors (Lipinski definition) is 1. The molecule has 0 saturated carbocycles. The van der Waals surface area contributed by atoms with Crippen LogP contribution < -0.4 is 5.32 Å². The lowest BCUT2D eigenvalue weighted by molar-refractivity contribution is -0.147. The van der Waals surface area contributed by atoms with Crippen LogP contribution in [0.2, 0.25) is 0 Å². The summed E-state index contributed by atoms with van der Waals surface area (Å²) in [6, 6.07) is 8.82. The average Bonchev–Trinajstić information content (AvgIpc) is 2.88. The third-order valence-corrected chi connectivity index (χ3v) is 3.94. The molecule has 1 aromatic heterocycles. The van der Waals surface area contributed by atoms with Gasteiger partial charge in [0, 0.05) is 17.7 Å². The molecule has 6 heteroatoms. The van der Waals surface area contributed by atoms with E-state index >= 15 is 0 Å². The van der Waals surface area contributed by atoms with Crippen LogP contribution >= 0.6 is 0 Å². The highest BCUT2D eigenvalue weighted by Crippen LogP contribution is 2.25. The van der Waals surface area contributed by atoms with Gasteiger partial charge in [-0.25, -0.2) is 9.48 Å². The molecule has 25 heavy (non-hydrogen) atoms. The second-order valence-electron chi connectivity index (χ2n) is 5.83. The third kappa shape index (κ3) is 4.26. The fourth-order valence-corrected chi connectivity index (χ4v) is 2.83. The Morgan fingerprint density at radius 1 is 1.20 bits per heavy atom. The highest BCUT2D eigenvalue weighted by atomic mass is 16.5. The SMILES string of the molecule is CCCC(=O)NC(C(=O)OCC)c1c(C)nn(-c2ccccc2)c1C. The van der Waals surface area contributed by atoms with E-state index in [1.807, 2.05) is 51.1 Å². The van der Waals surface area contributed by atoms with E-state index < -0.39 is 12.0 Å². The van der Waals surface area contributed by atoms with Gasteiger partial charge in [-0.2, -0.15) is 5.10 Å². The summed E-state index contributed by atoms with van der Waals surface area (Å²) >= 11 is 0. The zero-order valence-corrected chi connectivity index (χ0v) is 15.2. The lowest BCUT2D eigenvalue weighted by Gasteiger charge is -2.18. The second-order valence-corrected chi connectivity index (χ2v) is 5.83. The summed E-state index contributed by atoms with van der Waals surface area (Å²) in [6.45, 7) is 7.64. The van der Waals surface area contributed by atoms with Crippen molar-refractivity contribution in [1.82, 2.24) is 15.1 Å². The minimum atomic E-state index is -0.850. The molecule has 0 saturated heterocycles. The van der Waals surface area contributed by atoms with Crippen molar-refractivity contribution in [3.63, 3.8) is 0 Å². The molecule has 6 nitrogen and oxygen atoms in total. The van der Waals surface area contributed by atoms with Crippen LogP contribution in [0, 0.1) is 13.8 Å². The Morgan fingerprint density at radius 3 is 2.48 bits per heavy atom. The molecule has 1 heterocycles. The number of aromatic nitrogens is 2. The molecule has 0 aliphatic carbocycles. The minimum absolute atomic E-state index is 0.174. The molecule has 134 valence electrons.